The van der Waals surface area contributed by atoms with Gasteiger partial charge in [0, 0.05) is 18.8 Å². The first-order valence-electron chi connectivity index (χ1n) is 8.28. The van der Waals surface area contributed by atoms with Gasteiger partial charge in [0.25, 0.3) is 5.56 Å². The van der Waals surface area contributed by atoms with Gasteiger partial charge in [0.05, 0.1) is 5.69 Å². The van der Waals surface area contributed by atoms with Crippen LogP contribution in [0.4, 0.5) is 15.9 Å². The number of nitrogens with one attached hydrogen (secondary N) is 1. The molecule has 0 amide bonds. The Hall–Kier alpha value is -3.47. The molecule has 0 atom stereocenters. The van der Waals surface area contributed by atoms with Gasteiger partial charge < -0.3 is 9.88 Å². The minimum absolute atomic E-state index is 0.239. The second-order valence-electron chi connectivity index (χ2n) is 5.94. The number of halogens is 1. The quantitative estimate of drug-likeness (QED) is 0.520. The normalized spacial score (nSPS) is 11.0. The van der Waals surface area contributed by atoms with Gasteiger partial charge >= 0.3 is 0 Å². The number of hydrogen-bond acceptors (Lipinski definition) is 3. The fourth-order valence-electron chi connectivity index (χ4n) is 2.55. The minimum Gasteiger partial charge on any atom is -0.336 e. The number of aromatic nitrogens is 2. The zero-order valence-corrected chi connectivity index (χ0v) is 15.3. The molecule has 5 heteroatoms. The Morgan fingerprint density at radius 3 is 2.70 bits per heavy atom. The molecule has 4 nitrogen and oxygen atoms in total. The number of hydrogen-bond donors (Lipinski definition) is 1. The second-order valence-corrected chi connectivity index (χ2v) is 5.94. The molecule has 1 N–H and O–H groups in total. The number of pyridine rings is 2. The summed E-state index contributed by atoms with van der Waals surface area (Å²) in [6.07, 6.45) is 6.71. The lowest BCUT2D eigenvalue weighted by Crippen LogP contribution is -2.20. The molecular weight excluding hydrogens is 341 g/mol. The van der Waals surface area contributed by atoms with E-state index in [4.69, 9.17) is 0 Å². The van der Waals surface area contributed by atoms with Gasteiger partial charge in [-0.25, -0.2) is 9.37 Å². The molecule has 0 aliphatic heterocycles. The summed E-state index contributed by atoms with van der Waals surface area (Å²) in [7, 11) is 1.63. The van der Waals surface area contributed by atoms with E-state index in [0.29, 0.717) is 40.3 Å². The van der Waals surface area contributed by atoms with Crippen molar-refractivity contribution < 1.29 is 4.39 Å². The molecule has 0 saturated heterocycles. The van der Waals surface area contributed by atoms with Crippen LogP contribution in [0.15, 0.2) is 85.1 Å². The first-order chi connectivity index (χ1) is 12.8. The van der Waals surface area contributed by atoms with Gasteiger partial charge in [-0.3, -0.25) is 4.79 Å². The molecule has 0 bridgehead atoms. The molecule has 0 radical (unpaired) electrons. The first-order valence-corrected chi connectivity index (χ1v) is 8.28. The highest BCUT2D eigenvalue weighted by Crippen LogP contribution is 2.27. The van der Waals surface area contributed by atoms with Crippen LogP contribution in [0.2, 0.25) is 0 Å². The summed E-state index contributed by atoms with van der Waals surface area (Å²) in [5, 5.41) is 3.02. The molecular formula is C22H22FN3O. The van der Waals surface area contributed by atoms with E-state index in [9.17, 15) is 9.18 Å². The van der Waals surface area contributed by atoms with Crippen LogP contribution in [0, 0.1) is 0 Å². The summed E-state index contributed by atoms with van der Waals surface area (Å²) in [5.41, 5.74) is 2.60. The van der Waals surface area contributed by atoms with Crippen molar-refractivity contribution in [2.24, 2.45) is 7.05 Å². The van der Waals surface area contributed by atoms with Crippen LogP contribution in [0.25, 0.3) is 11.6 Å². The SMILES string of the molecule is C=CCC(=C)C(=CC(=C)F)c1cc(Nc2cccc(C=C)n2)c(=O)n(C)c1. The lowest BCUT2D eigenvalue weighted by molar-refractivity contribution is 0.672. The maximum atomic E-state index is 13.5. The summed E-state index contributed by atoms with van der Waals surface area (Å²) >= 11 is 0. The zero-order valence-electron chi connectivity index (χ0n) is 15.3. The van der Waals surface area contributed by atoms with E-state index in [1.165, 1.54) is 10.6 Å². The largest absolute Gasteiger partial charge is 0.336 e. The molecule has 0 saturated carbocycles. The number of nitrogens with zero attached hydrogens (tertiary/aromatic N) is 2. The maximum absolute atomic E-state index is 13.5. The molecule has 27 heavy (non-hydrogen) atoms. The molecule has 0 fully saturated rings. The van der Waals surface area contributed by atoms with Crippen molar-refractivity contribution in [3.05, 3.63) is 102 Å². The Bertz CT molecular complexity index is 999. The maximum Gasteiger partial charge on any atom is 0.274 e. The standard InChI is InChI=1S/C22H22FN3O/c1-6-9-15(3)19(12-16(4)23)17-13-20(22(27)26(5)14-17)25-21-11-8-10-18(7-2)24-21/h6-8,10-14H,1-4,9H2,5H3,(H,24,25). The van der Waals surface area contributed by atoms with Crippen LogP contribution in [-0.2, 0) is 7.05 Å². The van der Waals surface area contributed by atoms with Crippen molar-refractivity contribution in [1.82, 2.24) is 9.55 Å². The Morgan fingerprint density at radius 2 is 2.07 bits per heavy atom. The van der Waals surface area contributed by atoms with E-state index in [1.807, 2.05) is 6.07 Å². The third kappa shape index (κ3) is 5.01. The van der Waals surface area contributed by atoms with E-state index in [2.05, 4.69) is 36.6 Å². The fraction of sp³-hybridized carbons (Fsp3) is 0.0909. The summed E-state index contributed by atoms with van der Waals surface area (Å²) < 4.78 is 14.9. The smallest absolute Gasteiger partial charge is 0.274 e. The lowest BCUT2D eigenvalue weighted by atomic mass is 9.97. The molecule has 0 aliphatic rings. The zero-order chi connectivity index (χ0) is 20.0. The Labute approximate surface area is 158 Å². The molecule has 0 aromatic carbocycles. The van der Waals surface area contributed by atoms with Crippen LogP contribution in [0.3, 0.4) is 0 Å². The fourth-order valence-corrected chi connectivity index (χ4v) is 2.55. The summed E-state index contributed by atoms with van der Waals surface area (Å²) in [5.74, 6) is -0.0917. The van der Waals surface area contributed by atoms with Crippen molar-refractivity contribution >= 4 is 23.2 Å². The molecule has 138 valence electrons. The minimum atomic E-state index is -0.598. The highest BCUT2D eigenvalue weighted by atomic mass is 19.1. The van der Waals surface area contributed by atoms with Crippen LogP contribution in [0.5, 0.6) is 0 Å². The molecule has 2 aromatic rings. The number of aryl methyl sites for hydroxylation is 1. The van der Waals surface area contributed by atoms with Gasteiger partial charge in [-0.1, -0.05) is 31.9 Å². The highest BCUT2D eigenvalue weighted by molar-refractivity contribution is 5.81. The summed E-state index contributed by atoms with van der Waals surface area (Å²) in [4.78, 5) is 16.9. The molecule has 2 rings (SSSR count). The van der Waals surface area contributed by atoms with Crippen LogP contribution >= 0.6 is 0 Å². The highest BCUT2D eigenvalue weighted by Gasteiger charge is 2.12. The third-order valence-electron chi connectivity index (χ3n) is 3.81. The lowest BCUT2D eigenvalue weighted by Gasteiger charge is -2.14. The van der Waals surface area contributed by atoms with E-state index in [1.54, 1.807) is 43.6 Å². The van der Waals surface area contributed by atoms with Crippen molar-refractivity contribution in [2.45, 2.75) is 6.42 Å². The second kappa shape index (κ2) is 8.76. The predicted octanol–water partition coefficient (Wildman–Crippen LogP) is 5.17. The van der Waals surface area contributed by atoms with Crippen molar-refractivity contribution in [3.8, 4) is 0 Å². The Balaban J connectivity index is 2.54. The third-order valence-corrected chi connectivity index (χ3v) is 3.81. The number of rotatable bonds is 8. The molecule has 0 unspecified atom stereocenters. The van der Waals surface area contributed by atoms with Crippen molar-refractivity contribution in [1.29, 1.82) is 0 Å². The summed E-state index contributed by atoms with van der Waals surface area (Å²) in [6.45, 7) is 14.7. The van der Waals surface area contributed by atoms with E-state index in [-0.39, 0.29) is 5.56 Å². The Kier molecular flexibility index (Phi) is 6.44. The van der Waals surface area contributed by atoms with Gasteiger partial charge in [0.2, 0.25) is 0 Å². The van der Waals surface area contributed by atoms with Gasteiger partial charge in [-0.05, 0) is 47.9 Å². The van der Waals surface area contributed by atoms with Gasteiger partial charge in [0.1, 0.15) is 17.3 Å². The van der Waals surface area contributed by atoms with Gasteiger partial charge in [0.15, 0.2) is 0 Å². The van der Waals surface area contributed by atoms with E-state index < -0.39 is 5.83 Å². The van der Waals surface area contributed by atoms with Crippen LogP contribution in [0.1, 0.15) is 17.7 Å². The molecule has 0 spiro atoms. The average molecular weight is 363 g/mol. The average Bonchev–Trinajstić information content (AvgIpc) is 2.63. The van der Waals surface area contributed by atoms with Gasteiger partial charge in [-0.15, -0.1) is 6.58 Å². The predicted molar refractivity (Wildman–Crippen MR) is 111 cm³/mol. The summed E-state index contributed by atoms with van der Waals surface area (Å²) in [6, 6.07) is 7.01. The molecule has 2 heterocycles. The van der Waals surface area contributed by atoms with Gasteiger partial charge in [-0.2, -0.15) is 0 Å². The van der Waals surface area contributed by atoms with Crippen LogP contribution in [-0.4, -0.2) is 9.55 Å². The van der Waals surface area contributed by atoms with E-state index in [0.717, 1.165) is 0 Å². The molecule has 0 aliphatic carbocycles. The number of allylic oxidation sites excluding steroid dienone is 5. The van der Waals surface area contributed by atoms with Crippen molar-refractivity contribution in [3.63, 3.8) is 0 Å². The van der Waals surface area contributed by atoms with E-state index >= 15 is 0 Å². The molecule has 2 aromatic heterocycles. The van der Waals surface area contributed by atoms with Crippen molar-refractivity contribution in [2.75, 3.05) is 5.32 Å². The number of anilines is 2. The topological polar surface area (TPSA) is 46.9 Å². The Morgan fingerprint density at radius 1 is 1.33 bits per heavy atom. The monoisotopic (exact) mass is 363 g/mol. The van der Waals surface area contributed by atoms with Crippen LogP contribution < -0.4 is 10.9 Å². The first kappa shape index (κ1) is 19.8.